The Labute approximate surface area is 137 Å². The van der Waals surface area contributed by atoms with E-state index in [-0.39, 0.29) is 17.1 Å². The normalized spacial score (nSPS) is 11.4. The van der Waals surface area contributed by atoms with E-state index in [0.29, 0.717) is 5.02 Å². The van der Waals surface area contributed by atoms with Crippen molar-refractivity contribution in [2.24, 2.45) is 10.2 Å². The van der Waals surface area contributed by atoms with Crippen molar-refractivity contribution in [2.45, 2.75) is 13.8 Å². The molecule has 0 unspecified atom stereocenters. The summed E-state index contributed by atoms with van der Waals surface area (Å²) in [7, 11) is 0. The zero-order chi connectivity index (χ0) is 16.6. The molecule has 6 heteroatoms. The van der Waals surface area contributed by atoms with Crippen LogP contribution in [0.25, 0.3) is 10.9 Å². The minimum Gasteiger partial charge on any atom is -0.493 e. The van der Waals surface area contributed by atoms with Gasteiger partial charge in [0.25, 0.3) is 5.91 Å². The monoisotopic (exact) mass is 327 g/mol. The fourth-order valence-electron chi connectivity index (χ4n) is 2.51. The Morgan fingerprint density at radius 1 is 1.22 bits per heavy atom. The fourth-order valence-corrected chi connectivity index (χ4v) is 2.73. The standard InChI is InChI=1S/C17H14ClN3O2/c1-9-7-10(2)14-12(8-9)15(17(23)19-14)20-21-16(22)11-5-3-4-6-13(11)18/h3-8,19,23H,1-2H3. The molecule has 0 radical (unpaired) electrons. The number of azo groups is 1. The first-order chi connectivity index (χ1) is 11.0. The number of aryl methyl sites for hydroxylation is 2. The molecule has 116 valence electrons. The number of aromatic nitrogens is 1. The van der Waals surface area contributed by atoms with Gasteiger partial charge in [0.05, 0.1) is 16.1 Å². The van der Waals surface area contributed by atoms with Gasteiger partial charge in [-0.15, -0.1) is 10.2 Å². The van der Waals surface area contributed by atoms with Crippen LogP contribution in [-0.4, -0.2) is 16.0 Å². The number of amides is 1. The summed E-state index contributed by atoms with van der Waals surface area (Å²) in [6.45, 7) is 3.88. The summed E-state index contributed by atoms with van der Waals surface area (Å²) in [4.78, 5) is 15.0. The third-order valence-corrected chi connectivity index (χ3v) is 3.88. The number of benzene rings is 2. The number of nitrogens with zero attached hydrogens (tertiary/aromatic N) is 2. The van der Waals surface area contributed by atoms with E-state index >= 15 is 0 Å². The van der Waals surface area contributed by atoms with Gasteiger partial charge in [0.15, 0.2) is 5.69 Å². The zero-order valence-electron chi connectivity index (χ0n) is 12.6. The third kappa shape index (κ3) is 2.83. The molecule has 1 aromatic heterocycles. The number of hydrogen-bond acceptors (Lipinski definition) is 3. The van der Waals surface area contributed by atoms with Crippen molar-refractivity contribution in [3.63, 3.8) is 0 Å². The predicted octanol–water partition coefficient (Wildman–Crippen LogP) is 5.07. The van der Waals surface area contributed by atoms with Crippen LogP contribution in [0.4, 0.5) is 5.69 Å². The number of rotatable bonds is 2. The van der Waals surface area contributed by atoms with Crippen molar-refractivity contribution in [1.82, 2.24) is 4.98 Å². The Hall–Kier alpha value is -2.66. The summed E-state index contributed by atoms with van der Waals surface area (Å²) >= 11 is 5.97. The van der Waals surface area contributed by atoms with Gasteiger partial charge in [-0.05, 0) is 37.6 Å². The van der Waals surface area contributed by atoms with E-state index < -0.39 is 5.91 Å². The second kappa shape index (κ2) is 5.85. The number of carbonyl (C=O) groups is 1. The third-order valence-electron chi connectivity index (χ3n) is 3.55. The van der Waals surface area contributed by atoms with Gasteiger partial charge in [-0.2, -0.15) is 0 Å². The highest BCUT2D eigenvalue weighted by atomic mass is 35.5. The van der Waals surface area contributed by atoms with Crippen molar-refractivity contribution in [3.05, 3.63) is 58.1 Å². The van der Waals surface area contributed by atoms with Crippen LogP contribution >= 0.6 is 11.6 Å². The van der Waals surface area contributed by atoms with E-state index in [9.17, 15) is 9.90 Å². The molecule has 0 spiro atoms. The first kappa shape index (κ1) is 15.2. The van der Waals surface area contributed by atoms with E-state index in [2.05, 4.69) is 15.2 Å². The summed E-state index contributed by atoms with van der Waals surface area (Å²) in [5.74, 6) is -0.682. The van der Waals surface area contributed by atoms with Crippen LogP contribution in [0.5, 0.6) is 5.88 Å². The van der Waals surface area contributed by atoms with Gasteiger partial charge in [-0.25, -0.2) is 0 Å². The molecule has 1 heterocycles. The van der Waals surface area contributed by atoms with Crippen LogP contribution in [0.15, 0.2) is 46.6 Å². The van der Waals surface area contributed by atoms with Gasteiger partial charge in [-0.1, -0.05) is 35.4 Å². The average Bonchev–Trinajstić information content (AvgIpc) is 2.81. The maximum absolute atomic E-state index is 12.1. The van der Waals surface area contributed by atoms with Crippen LogP contribution in [0, 0.1) is 13.8 Å². The van der Waals surface area contributed by atoms with E-state index in [0.717, 1.165) is 22.0 Å². The lowest BCUT2D eigenvalue weighted by Gasteiger charge is -1.99. The lowest BCUT2D eigenvalue weighted by molar-refractivity contribution is 0.0995. The van der Waals surface area contributed by atoms with Crippen molar-refractivity contribution < 1.29 is 9.90 Å². The summed E-state index contributed by atoms with van der Waals surface area (Å²) in [6.07, 6.45) is 0. The number of carbonyl (C=O) groups excluding carboxylic acids is 1. The highest BCUT2D eigenvalue weighted by Gasteiger charge is 2.14. The van der Waals surface area contributed by atoms with E-state index in [1.165, 1.54) is 0 Å². The predicted molar refractivity (Wildman–Crippen MR) is 89.7 cm³/mol. The van der Waals surface area contributed by atoms with Gasteiger partial charge in [0, 0.05) is 5.39 Å². The van der Waals surface area contributed by atoms with E-state index in [4.69, 9.17) is 11.6 Å². The lowest BCUT2D eigenvalue weighted by Crippen LogP contribution is -1.94. The smallest absolute Gasteiger partial charge is 0.296 e. The van der Waals surface area contributed by atoms with E-state index in [1.54, 1.807) is 24.3 Å². The molecule has 2 aromatic carbocycles. The largest absolute Gasteiger partial charge is 0.493 e. The van der Waals surface area contributed by atoms with Crippen LogP contribution in [0.3, 0.4) is 0 Å². The van der Waals surface area contributed by atoms with Gasteiger partial charge in [0.2, 0.25) is 5.88 Å². The number of hydrogen-bond donors (Lipinski definition) is 2. The molecule has 0 aliphatic carbocycles. The Bertz CT molecular complexity index is 944. The fraction of sp³-hybridized carbons (Fsp3) is 0.118. The maximum atomic E-state index is 12.1. The number of H-pyrrole nitrogens is 1. The number of halogens is 1. The minimum absolute atomic E-state index is 0.121. The number of nitrogens with one attached hydrogen (secondary N) is 1. The molecule has 0 bridgehead atoms. The molecule has 0 saturated heterocycles. The zero-order valence-corrected chi connectivity index (χ0v) is 13.3. The first-order valence-electron chi connectivity index (χ1n) is 7.00. The van der Waals surface area contributed by atoms with Crippen LogP contribution in [-0.2, 0) is 0 Å². The number of aromatic amines is 1. The topological polar surface area (TPSA) is 77.8 Å². The molecule has 5 nitrogen and oxygen atoms in total. The Balaban J connectivity index is 2.03. The van der Waals surface area contributed by atoms with Crippen molar-refractivity contribution >= 4 is 34.1 Å². The molecule has 3 aromatic rings. The minimum atomic E-state index is -0.561. The SMILES string of the molecule is Cc1cc(C)c2[nH]c(O)c(N=NC(=O)c3ccccc3Cl)c2c1. The molecular weight excluding hydrogens is 314 g/mol. The highest BCUT2D eigenvalue weighted by Crippen LogP contribution is 2.37. The Morgan fingerprint density at radius 2 is 1.96 bits per heavy atom. The second-order valence-electron chi connectivity index (χ2n) is 5.31. The molecule has 0 aliphatic heterocycles. The highest BCUT2D eigenvalue weighted by molar-refractivity contribution is 6.33. The van der Waals surface area contributed by atoms with E-state index in [1.807, 2.05) is 26.0 Å². The van der Waals surface area contributed by atoms with Crippen molar-refractivity contribution in [2.75, 3.05) is 0 Å². The maximum Gasteiger partial charge on any atom is 0.296 e. The molecule has 0 fully saturated rings. The second-order valence-corrected chi connectivity index (χ2v) is 5.72. The number of aromatic hydroxyl groups is 1. The van der Waals surface area contributed by atoms with Crippen LogP contribution in [0.2, 0.25) is 5.02 Å². The average molecular weight is 328 g/mol. The molecule has 0 atom stereocenters. The number of fused-ring (bicyclic) bond motifs is 1. The first-order valence-corrected chi connectivity index (χ1v) is 7.37. The van der Waals surface area contributed by atoms with Crippen molar-refractivity contribution in [3.8, 4) is 5.88 Å². The van der Waals surface area contributed by atoms with Crippen LogP contribution < -0.4 is 0 Å². The lowest BCUT2D eigenvalue weighted by atomic mass is 10.1. The molecule has 23 heavy (non-hydrogen) atoms. The van der Waals surface area contributed by atoms with Crippen LogP contribution in [0.1, 0.15) is 21.5 Å². The summed E-state index contributed by atoms with van der Waals surface area (Å²) in [5.41, 5.74) is 3.29. The van der Waals surface area contributed by atoms with Crippen molar-refractivity contribution in [1.29, 1.82) is 0 Å². The summed E-state index contributed by atoms with van der Waals surface area (Å²) in [5, 5.41) is 18.7. The quantitative estimate of drug-likeness (QED) is 0.645. The molecule has 3 rings (SSSR count). The van der Waals surface area contributed by atoms with Gasteiger partial charge in [0.1, 0.15) is 0 Å². The molecule has 1 amide bonds. The summed E-state index contributed by atoms with van der Waals surface area (Å²) < 4.78 is 0. The molecular formula is C17H14ClN3O2. The molecule has 0 saturated carbocycles. The Kier molecular flexibility index (Phi) is 3.88. The van der Waals surface area contributed by atoms with Gasteiger partial charge >= 0.3 is 0 Å². The van der Waals surface area contributed by atoms with Gasteiger partial charge in [-0.3, -0.25) is 4.79 Å². The van der Waals surface area contributed by atoms with Gasteiger partial charge < -0.3 is 10.1 Å². The Morgan fingerprint density at radius 3 is 2.70 bits per heavy atom. The summed E-state index contributed by atoms with van der Waals surface area (Å²) in [6, 6.07) is 10.5. The molecule has 0 aliphatic rings. The molecule has 2 N–H and O–H groups in total.